The van der Waals surface area contributed by atoms with Crippen LogP contribution < -0.4 is 5.32 Å². The molecule has 1 N–H and O–H groups in total. The molecule has 1 unspecified atom stereocenters. The van der Waals surface area contributed by atoms with E-state index in [-0.39, 0.29) is 17.9 Å². The lowest BCUT2D eigenvalue weighted by Gasteiger charge is -2.39. The van der Waals surface area contributed by atoms with E-state index in [0.717, 1.165) is 18.2 Å². The summed E-state index contributed by atoms with van der Waals surface area (Å²) in [5.41, 5.74) is -0.541. The molecule has 0 bridgehead atoms. The van der Waals surface area contributed by atoms with E-state index in [1.54, 1.807) is 6.92 Å². The van der Waals surface area contributed by atoms with Crippen LogP contribution in [0.15, 0.2) is 18.2 Å². The Morgan fingerprint density at radius 1 is 1.43 bits per heavy atom. The van der Waals surface area contributed by atoms with Gasteiger partial charge in [-0.3, -0.25) is 4.79 Å². The number of amides is 1. The van der Waals surface area contributed by atoms with Crippen LogP contribution in [-0.4, -0.2) is 5.91 Å². The summed E-state index contributed by atoms with van der Waals surface area (Å²) in [7, 11) is 0. The molecule has 1 aliphatic heterocycles. The van der Waals surface area contributed by atoms with Crippen LogP contribution in [0.1, 0.15) is 18.9 Å². The van der Waals surface area contributed by atoms with Crippen LogP contribution in [0.25, 0.3) is 0 Å². The minimum Gasteiger partial charge on any atom is -0.346 e. The first-order chi connectivity index (χ1) is 6.51. The zero-order chi connectivity index (χ0) is 10.3. The van der Waals surface area contributed by atoms with Gasteiger partial charge in [0.2, 0.25) is 5.91 Å². The predicted molar refractivity (Wildman–Crippen MR) is 46.5 cm³/mol. The summed E-state index contributed by atoms with van der Waals surface area (Å²) in [5, 5.41) is 2.56. The third-order valence-electron chi connectivity index (χ3n) is 2.45. The first kappa shape index (κ1) is 9.12. The van der Waals surface area contributed by atoms with Crippen molar-refractivity contribution in [3.8, 4) is 0 Å². The summed E-state index contributed by atoms with van der Waals surface area (Å²) in [4.78, 5) is 10.8. The maximum Gasteiger partial charge on any atom is 0.223 e. The lowest BCUT2D eigenvalue weighted by atomic mass is 9.82. The van der Waals surface area contributed by atoms with Crippen molar-refractivity contribution in [2.24, 2.45) is 0 Å². The summed E-state index contributed by atoms with van der Waals surface area (Å²) >= 11 is 0. The SMILES string of the molecule is CC1(c2cc(F)ccc2F)CC(=O)N1. The molecule has 1 heterocycles. The summed E-state index contributed by atoms with van der Waals surface area (Å²) in [6, 6.07) is 3.25. The van der Waals surface area contributed by atoms with E-state index in [0.29, 0.717) is 0 Å². The highest BCUT2D eigenvalue weighted by atomic mass is 19.1. The van der Waals surface area contributed by atoms with Crippen molar-refractivity contribution in [1.29, 1.82) is 0 Å². The fourth-order valence-corrected chi connectivity index (χ4v) is 1.69. The Bertz CT molecular complexity index is 395. The molecule has 2 rings (SSSR count). The second-order valence-electron chi connectivity index (χ2n) is 3.68. The zero-order valence-corrected chi connectivity index (χ0v) is 7.60. The van der Waals surface area contributed by atoms with E-state index in [4.69, 9.17) is 0 Å². The highest BCUT2D eigenvalue weighted by molar-refractivity contribution is 5.85. The van der Waals surface area contributed by atoms with E-state index < -0.39 is 17.2 Å². The molecule has 74 valence electrons. The fraction of sp³-hybridized carbons (Fsp3) is 0.300. The van der Waals surface area contributed by atoms with Gasteiger partial charge in [-0.25, -0.2) is 8.78 Å². The first-order valence-corrected chi connectivity index (χ1v) is 4.28. The smallest absolute Gasteiger partial charge is 0.223 e. The standard InChI is InChI=1S/C10H9F2NO/c1-10(5-9(14)13-10)7-4-6(11)2-3-8(7)12/h2-4H,5H2,1H3,(H,13,14). The molecule has 1 saturated heterocycles. The molecular weight excluding hydrogens is 188 g/mol. The summed E-state index contributed by atoms with van der Waals surface area (Å²) in [6.45, 7) is 1.67. The monoisotopic (exact) mass is 197 g/mol. The molecule has 1 fully saturated rings. The Morgan fingerprint density at radius 2 is 2.07 bits per heavy atom. The third-order valence-corrected chi connectivity index (χ3v) is 2.45. The second kappa shape index (κ2) is 2.77. The molecule has 4 heteroatoms. The van der Waals surface area contributed by atoms with Gasteiger partial charge in [0.15, 0.2) is 0 Å². The van der Waals surface area contributed by atoms with Gasteiger partial charge in [0, 0.05) is 5.56 Å². The second-order valence-corrected chi connectivity index (χ2v) is 3.68. The number of benzene rings is 1. The molecule has 1 amide bonds. The zero-order valence-electron chi connectivity index (χ0n) is 7.60. The molecule has 1 aliphatic rings. The average Bonchev–Trinajstić information content (AvgIpc) is 2.07. The number of hydrogen-bond acceptors (Lipinski definition) is 1. The number of nitrogens with one attached hydrogen (secondary N) is 1. The Kier molecular flexibility index (Phi) is 1.80. The topological polar surface area (TPSA) is 29.1 Å². The number of rotatable bonds is 1. The fourth-order valence-electron chi connectivity index (χ4n) is 1.69. The maximum absolute atomic E-state index is 13.3. The van der Waals surface area contributed by atoms with Crippen LogP contribution in [0.3, 0.4) is 0 Å². The average molecular weight is 197 g/mol. The van der Waals surface area contributed by atoms with Gasteiger partial charge >= 0.3 is 0 Å². The van der Waals surface area contributed by atoms with Crippen molar-refractivity contribution in [3.05, 3.63) is 35.4 Å². The Balaban J connectivity index is 2.41. The van der Waals surface area contributed by atoms with Gasteiger partial charge < -0.3 is 5.32 Å². The molecule has 1 aromatic carbocycles. The normalized spacial score (nSPS) is 25.5. The largest absolute Gasteiger partial charge is 0.346 e. The molecule has 0 spiro atoms. The van der Waals surface area contributed by atoms with Crippen LogP contribution >= 0.6 is 0 Å². The van der Waals surface area contributed by atoms with Crippen molar-refractivity contribution >= 4 is 5.91 Å². The molecule has 0 radical (unpaired) electrons. The van der Waals surface area contributed by atoms with Crippen LogP contribution in [-0.2, 0) is 10.3 Å². The number of carbonyl (C=O) groups excluding carboxylic acids is 1. The number of hydrogen-bond donors (Lipinski definition) is 1. The summed E-state index contributed by atoms with van der Waals surface area (Å²) in [5.74, 6) is -1.13. The van der Waals surface area contributed by atoms with E-state index in [1.165, 1.54) is 0 Å². The molecule has 0 aromatic heterocycles. The maximum atomic E-state index is 13.3. The molecule has 1 aromatic rings. The molecule has 0 aliphatic carbocycles. The lowest BCUT2D eigenvalue weighted by Crippen LogP contribution is -2.56. The Morgan fingerprint density at radius 3 is 2.64 bits per heavy atom. The highest BCUT2D eigenvalue weighted by Gasteiger charge is 2.41. The van der Waals surface area contributed by atoms with Crippen molar-refractivity contribution in [1.82, 2.24) is 5.32 Å². The third kappa shape index (κ3) is 1.27. The highest BCUT2D eigenvalue weighted by Crippen LogP contribution is 2.33. The number of carbonyl (C=O) groups is 1. The molecule has 14 heavy (non-hydrogen) atoms. The van der Waals surface area contributed by atoms with E-state index in [1.807, 2.05) is 0 Å². The molecule has 0 saturated carbocycles. The van der Waals surface area contributed by atoms with E-state index in [2.05, 4.69) is 5.32 Å². The number of β-lactam (4-membered cyclic amide) rings is 1. The summed E-state index contributed by atoms with van der Waals surface area (Å²) < 4.78 is 26.2. The van der Waals surface area contributed by atoms with Crippen molar-refractivity contribution in [2.75, 3.05) is 0 Å². The van der Waals surface area contributed by atoms with Crippen LogP contribution in [0.4, 0.5) is 8.78 Å². The number of halogens is 2. The van der Waals surface area contributed by atoms with Crippen LogP contribution in [0, 0.1) is 11.6 Å². The minimum atomic E-state index is -0.747. The quantitative estimate of drug-likeness (QED) is 0.682. The van der Waals surface area contributed by atoms with Crippen LogP contribution in [0.2, 0.25) is 0 Å². The minimum absolute atomic E-state index is 0.142. The predicted octanol–water partition coefficient (Wildman–Crippen LogP) is 1.70. The van der Waals surface area contributed by atoms with Gasteiger partial charge in [-0.05, 0) is 25.1 Å². The summed E-state index contributed by atoms with van der Waals surface area (Å²) in [6.07, 6.45) is 0.202. The van der Waals surface area contributed by atoms with Crippen LogP contribution in [0.5, 0.6) is 0 Å². The first-order valence-electron chi connectivity index (χ1n) is 4.28. The Hall–Kier alpha value is -1.45. The Labute approximate surface area is 79.9 Å². The van der Waals surface area contributed by atoms with Gasteiger partial charge in [-0.2, -0.15) is 0 Å². The molecular formula is C10H9F2NO. The van der Waals surface area contributed by atoms with Gasteiger partial charge in [-0.15, -0.1) is 0 Å². The van der Waals surface area contributed by atoms with Gasteiger partial charge in [0.05, 0.1) is 12.0 Å². The van der Waals surface area contributed by atoms with E-state index >= 15 is 0 Å². The molecule has 1 atom stereocenters. The van der Waals surface area contributed by atoms with Crippen molar-refractivity contribution in [3.63, 3.8) is 0 Å². The lowest BCUT2D eigenvalue weighted by molar-refractivity contribution is -0.132. The van der Waals surface area contributed by atoms with Crippen molar-refractivity contribution < 1.29 is 13.6 Å². The van der Waals surface area contributed by atoms with Gasteiger partial charge in [0.1, 0.15) is 11.6 Å². The molecule has 2 nitrogen and oxygen atoms in total. The van der Waals surface area contributed by atoms with Gasteiger partial charge in [-0.1, -0.05) is 0 Å². The van der Waals surface area contributed by atoms with Crippen molar-refractivity contribution in [2.45, 2.75) is 18.9 Å². The van der Waals surface area contributed by atoms with Gasteiger partial charge in [0.25, 0.3) is 0 Å². The van der Waals surface area contributed by atoms with E-state index in [9.17, 15) is 13.6 Å².